The Morgan fingerprint density at radius 3 is 2.64 bits per heavy atom. The summed E-state index contributed by atoms with van der Waals surface area (Å²) in [5, 5.41) is 15.2. The molecule has 2 atom stereocenters. The number of aliphatic hydroxyl groups is 1. The largest absolute Gasteiger partial charge is 0.472 e. The molecule has 8 nitrogen and oxygen atoms in total. The highest BCUT2D eigenvalue weighted by atomic mass is 35.5. The number of alkyl halides is 3. The number of nitrogens with zero attached hydrogens (tertiary/aromatic N) is 5. The van der Waals surface area contributed by atoms with Crippen molar-refractivity contribution in [3.05, 3.63) is 57.9 Å². The standard InChI is InChI=1S/C26H27ClF3N5O3S/c1-15(36)25(37-18-3-4-23-21(12-18)32-16(2)39-23)35-9-7-34(8-10-35)6-5-19-13-22(33-38-19)24-20(27)11-17(14-31-24)26(28,29)30/h3-4,11-15,25,36H,5-10H2,1-2H3/t15-,25?/m1/s1. The fourth-order valence-electron chi connectivity index (χ4n) is 4.55. The Bertz CT molecular complexity index is 1440. The highest BCUT2D eigenvalue weighted by molar-refractivity contribution is 7.18. The van der Waals surface area contributed by atoms with Crippen LogP contribution in [0.2, 0.25) is 5.02 Å². The van der Waals surface area contributed by atoms with E-state index in [9.17, 15) is 18.3 Å². The summed E-state index contributed by atoms with van der Waals surface area (Å²) in [6, 6.07) is 8.28. The zero-order chi connectivity index (χ0) is 27.7. The summed E-state index contributed by atoms with van der Waals surface area (Å²) in [6.45, 7) is 7.35. The molecule has 0 amide bonds. The molecule has 1 aliphatic heterocycles. The maximum absolute atomic E-state index is 12.9. The molecule has 4 heterocycles. The van der Waals surface area contributed by atoms with Crippen LogP contribution in [-0.2, 0) is 12.6 Å². The van der Waals surface area contributed by atoms with Gasteiger partial charge in [-0.25, -0.2) is 4.98 Å². The number of piperazine rings is 1. The normalized spacial score (nSPS) is 17.0. The first-order valence-electron chi connectivity index (χ1n) is 12.4. The van der Waals surface area contributed by atoms with Crippen molar-refractivity contribution in [2.75, 3.05) is 32.7 Å². The molecule has 4 aromatic rings. The van der Waals surface area contributed by atoms with E-state index in [1.165, 1.54) is 0 Å². The van der Waals surface area contributed by atoms with Crippen molar-refractivity contribution in [3.63, 3.8) is 0 Å². The second-order valence-electron chi connectivity index (χ2n) is 9.47. The number of aliphatic hydroxyl groups excluding tert-OH is 1. The lowest BCUT2D eigenvalue weighted by molar-refractivity contribution is -0.137. The Kier molecular flexibility index (Phi) is 8.11. The molecule has 1 saturated heterocycles. The van der Waals surface area contributed by atoms with Crippen molar-refractivity contribution in [3.8, 4) is 17.1 Å². The van der Waals surface area contributed by atoms with Crippen LogP contribution in [0.3, 0.4) is 0 Å². The Hall–Kier alpha value is -2.77. The highest BCUT2D eigenvalue weighted by Crippen LogP contribution is 2.34. The maximum Gasteiger partial charge on any atom is 0.417 e. The predicted octanol–water partition coefficient (Wildman–Crippen LogP) is 5.27. The monoisotopic (exact) mass is 581 g/mol. The van der Waals surface area contributed by atoms with Gasteiger partial charge in [0.15, 0.2) is 6.23 Å². The van der Waals surface area contributed by atoms with Crippen LogP contribution in [0, 0.1) is 6.92 Å². The molecule has 208 valence electrons. The third kappa shape index (κ3) is 6.52. The van der Waals surface area contributed by atoms with Crippen molar-refractivity contribution in [1.29, 1.82) is 0 Å². The molecule has 5 rings (SSSR count). The lowest BCUT2D eigenvalue weighted by Crippen LogP contribution is -2.55. The molecule has 1 aromatic carbocycles. The number of halogens is 4. The number of aromatic nitrogens is 3. The molecule has 13 heteroatoms. The number of thiazole rings is 1. The van der Waals surface area contributed by atoms with Crippen LogP contribution in [-0.4, -0.2) is 75.1 Å². The van der Waals surface area contributed by atoms with Crippen LogP contribution in [0.5, 0.6) is 5.75 Å². The van der Waals surface area contributed by atoms with E-state index < -0.39 is 24.1 Å². The molecule has 1 N–H and O–H groups in total. The maximum atomic E-state index is 12.9. The smallest absolute Gasteiger partial charge is 0.417 e. The summed E-state index contributed by atoms with van der Waals surface area (Å²) in [5.41, 5.74) is 0.395. The first-order valence-corrected chi connectivity index (χ1v) is 13.6. The molecular formula is C26H27ClF3N5O3S. The number of aryl methyl sites for hydroxylation is 1. The van der Waals surface area contributed by atoms with Gasteiger partial charge in [0.2, 0.25) is 0 Å². The fourth-order valence-corrected chi connectivity index (χ4v) is 5.62. The van der Waals surface area contributed by atoms with Crippen LogP contribution in [0.15, 0.2) is 41.1 Å². The molecule has 3 aromatic heterocycles. The molecule has 39 heavy (non-hydrogen) atoms. The van der Waals surface area contributed by atoms with E-state index >= 15 is 0 Å². The molecule has 1 fully saturated rings. The lowest BCUT2D eigenvalue weighted by atomic mass is 10.2. The summed E-state index contributed by atoms with van der Waals surface area (Å²) >= 11 is 7.66. The lowest BCUT2D eigenvalue weighted by Gasteiger charge is -2.40. The topological polar surface area (TPSA) is 87.8 Å². The van der Waals surface area contributed by atoms with Gasteiger partial charge in [0.25, 0.3) is 0 Å². The van der Waals surface area contributed by atoms with Gasteiger partial charge in [0.1, 0.15) is 29.0 Å². The Labute approximate surface area is 232 Å². The van der Waals surface area contributed by atoms with E-state index in [4.69, 9.17) is 20.9 Å². The van der Waals surface area contributed by atoms with Crippen molar-refractivity contribution in [1.82, 2.24) is 24.9 Å². The minimum Gasteiger partial charge on any atom is -0.472 e. The SMILES string of the molecule is Cc1nc2cc(OC([C@@H](C)O)N3CCN(CCc4cc(-c5ncc(C(F)(F)F)cc5Cl)no4)CC3)ccc2s1. The molecule has 0 aliphatic carbocycles. The van der Waals surface area contributed by atoms with E-state index in [2.05, 4.69) is 24.9 Å². The quantitative estimate of drug-likeness (QED) is 0.301. The van der Waals surface area contributed by atoms with Gasteiger partial charge in [-0.3, -0.25) is 9.88 Å². The third-order valence-corrected chi connectivity index (χ3v) is 7.79. The van der Waals surface area contributed by atoms with E-state index in [0.29, 0.717) is 37.6 Å². The summed E-state index contributed by atoms with van der Waals surface area (Å²) in [5.74, 6) is 1.26. The van der Waals surface area contributed by atoms with Gasteiger partial charge in [0, 0.05) is 57.5 Å². The number of hydrogen-bond donors (Lipinski definition) is 1. The molecule has 0 bridgehead atoms. The van der Waals surface area contributed by atoms with Gasteiger partial charge in [-0.1, -0.05) is 16.8 Å². The van der Waals surface area contributed by atoms with Crippen LogP contribution in [0.4, 0.5) is 13.2 Å². The van der Waals surface area contributed by atoms with Crippen molar-refractivity contribution >= 4 is 33.2 Å². The average Bonchev–Trinajstić information content (AvgIpc) is 3.51. The van der Waals surface area contributed by atoms with Gasteiger partial charge in [-0.2, -0.15) is 13.2 Å². The van der Waals surface area contributed by atoms with Gasteiger partial charge in [0.05, 0.1) is 25.8 Å². The van der Waals surface area contributed by atoms with Crippen molar-refractivity contribution in [2.45, 2.75) is 38.8 Å². The minimum absolute atomic E-state index is 0.140. The molecular weight excluding hydrogens is 555 g/mol. The molecule has 0 radical (unpaired) electrons. The molecule has 1 unspecified atom stereocenters. The van der Waals surface area contributed by atoms with Crippen molar-refractivity contribution < 1.29 is 27.5 Å². The van der Waals surface area contributed by atoms with Gasteiger partial charge in [-0.05, 0) is 32.0 Å². The Balaban J connectivity index is 1.14. The average molecular weight is 582 g/mol. The van der Waals surface area contributed by atoms with E-state index in [1.54, 1.807) is 24.3 Å². The number of pyridine rings is 1. The molecule has 1 aliphatic rings. The predicted molar refractivity (Wildman–Crippen MR) is 142 cm³/mol. The van der Waals surface area contributed by atoms with Gasteiger partial charge >= 0.3 is 6.18 Å². The second kappa shape index (κ2) is 11.4. The summed E-state index contributed by atoms with van der Waals surface area (Å²) in [6.07, 6.45) is -4.40. The third-order valence-electron chi connectivity index (χ3n) is 6.55. The number of ether oxygens (including phenoxy) is 1. The zero-order valence-corrected chi connectivity index (χ0v) is 22.9. The summed E-state index contributed by atoms with van der Waals surface area (Å²) in [4.78, 5) is 12.8. The van der Waals surface area contributed by atoms with E-state index in [1.807, 2.05) is 25.1 Å². The summed E-state index contributed by atoms with van der Waals surface area (Å²) < 4.78 is 51.3. The van der Waals surface area contributed by atoms with Gasteiger partial charge in [-0.15, -0.1) is 11.3 Å². The first-order chi connectivity index (χ1) is 18.6. The minimum atomic E-state index is -4.52. The molecule has 0 spiro atoms. The Morgan fingerprint density at radius 2 is 1.95 bits per heavy atom. The highest BCUT2D eigenvalue weighted by Gasteiger charge is 2.32. The number of hydrogen-bond acceptors (Lipinski definition) is 9. The van der Waals surface area contributed by atoms with Crippen LogP contribution >= 0.6 is 22.9 Å². The zero-order valence-electron chi connectivity index (χ0n) is 21.3. The van der Waals surface area contributed by atoms with E-state index in [-0.39, 0.29) is 16.4 Å². The fraction of sp³-hybridized carbons (Fsp3) is 0.423. The number of benzene rings is 1. The van der Waals surface area contributed by atoms with Crippen LogP contribution in [0.1, 0.15) is 23.3 Å². The summed E-state index contributed by atoms with van der Waals surface area (Å²) in [7, 11) is 0. The number of fused-ring (bicyclic) bond motifs is 1. The van der Waals surface area contributed by atoms with Crippen LogP contribution < -0.4 is 4.74 Å². The second-order valence-corrected chi connectivity index (χ2v) is 11.1. The number of rotatable bonds is 8. The molecule has 0 saturated carbocycles. The van der Waals surface area contributed by atoms with Crippen molar-refractivity contribution in [2.24, 2.45) is 0 Å². The van der Waals surface area contributed by atoms with Gasteiger partial charge < -0.3 is 19.3 Å². The Morgan fingerprint density at radius 1 is 1.18 bits per heavy atom. The van der Waals surface area contributed by atoms with Crippen LogP contribution in [0.25, 0.3) is 21.6 Å². The van der Waals surface area contributed by atoms with E-state index in [0.717, 1.165) is 40.6 Å². The first kappa shape index (κ1) is 27.8.